The first kappa shape index (κ1) is 19.6. The Hall–Kier alpha value is -0.426. The Kier molecular flexibility index (Phi) is 6.24. The molecule has 22 heavy (non-hydrogen) atoms. The van der Waals surface area contributed by atoms with Crippen LogP contribution in [0.2, 0.25) is 31.2 Å². The Morgan fingerprint density at radius 2 is 1.45 bits per heavy atom. The number of hydrogen-bond acceptors (Lipinski definition) is 2. The largest absolute Gasteiger partial charge is 0.413 e. The summed E-state index contributed by atoms with van der Waals surface area (Å²) in [7, 11) is -3.46. The topological polar surface area (TPSA) is 18.5 Å². The molecular formula is C18H34O2Si2. The van der Waals surface area contributed by atoms with Gasteiger partial charge in [0.05, 0.1) is 6.61 Å². The van der Waals surface area contributed by atoms with Crippen LogP contribution in [-0.2, 0) is 15.5 Å². The lowest BCUT2D eigenvalue weighted by molar-refractivity contribution is 0.238. The Morgan fingerprint density at radius 3 is 1.86 bits per heavy atom. The van der Waals surface area contributed by atoms with Crippen LogP contribution in [0.1, 0.15) is 40.2 Å². The molecule has 0 unspecified atom stereocenters. The average molecular weight is 339 g/mol. The van der Waals surface area contributed by atoms with Gasteiger partial charge in [-0.05, 0) is 55.8 Å². The van der Waals surface area contributed by atoms with Crippen LogP contribution in [0.5, 0.6) is 0 Å². The van der Waals surface area contributed by atoms with E-state index >= 15 is 0 Å². The monoisotopic (exact) mass is 338 g/mol. The molecule has 2 nitrogen and oxygen atoms in total. The molecule has 0 bridgehead atoms. The second-order valence-corrected chi connectivity index (χ2v) is 17.1. The normalized spacial score (nSPS) is 13.7. The second kappa shape index (κ2) is 6.99. The average Bonchev–Trinajstić information content (AvgIpc) is 2.34. The van der Waals surface area contributed by atoms with Crippen LogP contribution in [0.3, 0.4) is 0 Å². The first-order chi connectivity index (χ1) is 9.85. The molecule has 1 aromatic rings. The maximum atomic E-state index is 6.29. The summed E-state index contributed by atoms with van der Waals surface area (Å²) in [5.74, 6) is 0. The molecule has 0 atom stereocenters. The predicted molar refractivity (Wildman–Crippen MR) is 102 cm³/mol. The molecule has 126 valence electrons. The maximum absolute atomic E-state index is 6.29. The van der Waals surface area contributed by atoms with Crippen molar-refractivity contribution in [2.75, 3.05) is 0 Å². The predicted octanol–water partition coefficient (Wildman–Crippen LogP) is 5.05. The van der Waals surface area contributed by atoms with E-state index in [0.717, 1.165) is 0 Å². The lowest BCUT2D eigenvalue weighted by Gasteiger charge is -2.36. The van der Waals surface area contributed by atoms with Crippen molar-refractivity contribution in [3.63, 3.8) is 0 Å². The van der Waals surface area contributed by atoms with Crippen LogP contribution in [-0.4, -0.2) is 22.7 Å². The van der Waals surface area contributed by atoms with Crippen molar-refractivity contribution in [2.24, 2.45) is 0 Å². The van der Waals surface area contributed by atoms with Gasteiger partial charge >= 0.3 is 0 Å². The van der Waals surface area contributed by atoms with Gasteiger partial charge in [0.25, 0.3) is 0 Å². The molecular weight excluding hydrogens is 304 g/mol. The van der Waals surface area contributed by atoms with Gasteiger partial charge < -0.3 is 8.85 Å². The zero-order valence-corrected chi connectivity index (χ0v) is 17.9. The molecule has 0 N–H and O–H groups in total. The van der Waals surface area contributed by atoms with Crippen molar-refractivity contribution < 1.29 is 8.85 Å². The highest BCUT2D eigenvalue weighted by Gasteiger charge is 2.37. The third kappa shape index (κ3) is 5.34. The highest BCUT2D eigenvalue weighted by molar-refractivity contribution is 6.84. The molecule has 0 aromatic heterocycles. The van der Waals surface area contributed by atoms with E-state index in [2.05, 4.69) is 85.1 Å². The van der Waals surface area contributed by atoms with Crippen LogP contribution >= 0.6 is 0 Å². The molecule has 4 heteroatoms. The van der Waals surface area contributed by atoms with Gasteiger partial charge in [0.1, 0.15) is 0 Å². The van der Waals surface area contributed by atoms with Crippen LogP contribution in [0, 0.1) is 0 Å². The molecule has 0 amide bonds. The minimum absolute atomic E-state index is 0.257. The summed E-state index contributed by atoms with van der Waals surface area (Å²) in [6.45, 7) is 20.9. The number of rotatable bonds is 6. The van der Waals surface area contributed by atoms with Crippen LogP contribution in [0.15, 0.2) is 24.3 Å². The molecule has 0 heterocycles. The van der Waals surface area contributed by atoms with Crippen LogP contribution in [0.25, 0.3) is 0 Å². The Labute approximate surface area is 139 Å². The fourth-order valence-electron chi connectivity index (χ4n) is 2.14. The molecule has 0 saturated heterocycles. The van der Waals surface area contributed by atoms with Gasteiger partial charge in [0, 0.05) is 6.10 Å². The van der Waals surface area contributed by atoms with Gasteiger partial charge in [-0.1, -0.05) is 45.0 Å². The maximum Gasteiger partial charge on any atom is 0.218 e. The van der Waals surface area contributed by atoms with E-state index in [1.165, 1.54) is 10.8 Å². The summed E-state index contributed by atoms with van der Waals surface area (Å²) >= 11 is 0. The van der Waals surface area contributed by atoms with Gasteiger partial charge in [-0.25, -0.2) is 0 Å². The fourth-order valence-corrected chi connectivity index (χ4v) is 5.38. The van der Waals surface area contributed by atoms with Gasteiger partial charge in [-0.15, -0.1) is 0 Å². The van der Waals surface area contributed by atoms with E-state index in [4.69, 9.17) is 8.85 Å². The highest BCUT2D eigenvalue weighted by atomic mass is 28.4. The lowest BCUT2D eigenvalue weighted by Crippen LogP contribution is -2.46. The summed E-state index contributed by atoms with van der Waals surface area (Å²) < 4.78 is 12.4. The Bertz CT molecular complexity index is 471. The van der Waals surface area contributed by atoms with Crippen molar-refractivity contribution in [1.82, 2.24) is 0 Å². The zero-order chi connectivity index (χ0) is 17.2. The van der Waals surface area contributed by atoms with E-state index in [9.17, 15) is 0 Å². The molecule has 1 rings (SSSR count). The molecule has 0 fully saturated rings. The van der Waals surface area contributed by atoms with E-state index < -0.39 is 16.6 Å². The molecule has 0 aliphatic rings. The van der Waals surface area contributed by atoms with E-state index in [-0.39, 0.29) is 11.1 Å². The van der Waals surface area contributed by atoms with Crippen LogP contribution < -0.4 is 5.19 Å². The van der Waals surface area contributed by atoms with E-state index in [1.54, 1.807) is 0 Å². The molecule has 0 saturated carbocycles. The van der Waals surface area contributed by atoms with E-state index in [0.29, 0.717) is 6.61 Å². The van der Waals surface area contributed by atoms with Crippen molar-refractivity contribution >= 4 is 21.8 Å². The molecule has 0 radical (unpaired) electrons. The van der Waals surface area contributed by atoms with Crippen molar-refractivity contribution in [3.05, 3.63) is 29.8 Å². The molecule has 1 aromatic carbocycles. The Morgan fingerprint density at radius 1 is 0.955 bits per heavy atom. The van der Waals surface area contributed by atoms with Gasteiger partial charge in [-0.2, -0.15) is 0 Å². The number of benzene rings is 1. The summed E-state index contributed by atoms with van der Waals surface area (Å²) in [5, 5.41) is 1.60. The number of hydrogen-bond donors (Lipinski definition) is 0. The van der Waals surface area contributed by atoms with E-state index in [1.807, 2.05) is 0 Å². The quantitative estimate of drug-likeness (QED) is 0.676. The first-order valence-electron chi connectivity index (χ1n) is 8.26. The summed E-state index contributed by atoms with van der Waals surface area (Å²) in [6, 6.07) is 8.83. The van der Waals surface area contributed by atoms with Gasteiger partial charge in [0.2, 0.25) is 8.32 Å². The van der Waals surface area contributed by atoms with Crippen molar-refractivity contribution in [1.29, 1.82) is 0 Å². The summed E-state index contributed by atoms with van der Waals surface area (Å²) in [4.78, 5) is 0. The minimum Gasteiger partial charge on any atom is -0.413 e. The second-order valence-electron chi connectivity index (χ2n) is 8.42. The third-order valence-electron chi connectivity index (χ3n) is 4.59. The molecule has 0 spiro atoms. The van der Waals surface area contributed by atoms with Gasteiger partial charge in [-0.3, -0.25) is 0 Å². The standard InChI is InChI=1S/C18H34O2Si2/c1-15(2)20-21(6,7)17-12-10-16(11-13-17)14-19-22(8,9)18(3,4)5/h10-13,15H,14H2,1-9H3. The zero-order valence-electron chi connectivity index (χ0n) is 15.9. The first-order valence-corrected chi connectivity index (χ1v) is 14.1. The summed E-state index contributed by atoms with van der Waals surface area (Å²) in [5.41, 5.74) is 1.25. The van der Waals surface area contributed by atoms with Crippen molar-refractivity contribution in [2.45, 2.75) is 78.6 Å². The Balaban J connectivity index is 2.74. The fraction of sp³-hybridized carbons (Fsp3) is 0.667. The van der Waals surface area contributed by atoms with Gasteiger partial charge in [0.15, 0.2) is 8.32 Å². The smallest absolute Gasteiger partial charge is 0.218 e. The lowest BCUT2D eigenvalue weighted by atomic mass is 10.2. The highest BCUT2D eigenvalue weighted by Crippen LogP contribution is 2.37. The third-order valence-corrected chi connectivity index (χ3v) is 11.8. The molecule has 0 aliphatic carbocycles. The minimum atomic E-state index is -1.79. The van der Waals surface area contributed by atoms with Crippen LogP contribution in [0.4, 0.5) is 0 Å². The van der Waals surface area contributed by atoms with Crippen molar-refractivity contribution in [3.8, 4) is 0 Å². The SMILES string of the molecule is CC(C)O[Si](C)(C)c1ccc(CO[Si](C)(C)C(C)(C)C)cc1. The summed E-state index contributed by atoms with van der Waals surface area (Å²) in [6.07, 6.45) is 0.281. The molecule has 0 aliphatic heterocycles.